The Morgan fingerprint density at radius 2 is 1.85 bits per heavy atom. The summed E-state index contributed by atoms with van der Waals surface area (Å²) >= 11 is 0. The molecular weight excluding hydrogens is 516 g/mol. The number of fused-ring (bicyclic) bond motifs is 1. The van der Waals surface area contributed by atoms with Gasteiger partial charge in [-0.3, -0.25) is 9.78 Å². The van der Waals surface area contributed by atoms with Gasteiger partial charge in [0.25, 0.3) is 0 Å². The fourth-order valence-electron chi connectivity index (χ4n) is 4.61. The molecule has 0 bridgehead atoms. The van der Waals surface area contributed by atoms with Crippen LogP contribution in [0.1, 0.15) is 23.3 Å². The van der Waals surface area contributed by atoms with Crippen molar-refractivity contribution in [3.63, 3.8) is 0 Å². The quantitative estimate of drug-likeness (QED) is 0.279. The molecule has 40 heavy (non-hydrogen) atoms. The smallest absolute Gasteiger partial charge is 0.360 e. The number of benzene rings is 1. The highest BCUT2D eigenvalue weighted by atomic mass is 16.5. The third-order valence-corrected chi connectivity index (χ3v) is 6.75. The number of carbonyl (C=O) groups excluding carboxylic acids is 2. The number of hydrogen-bond acceptors (Lipinski definition) is 11. The van der Waals surface area contributed by atoms with Crippen LogP contribution < -0.4 is 15.4 Å². The SMILES string of the molecule is CNc1nc(Nc2ccc(OC3CCN(C(=O)CO)CC3)cc2)c(C(=O)OC)nc1-c1cncc2c1ncn2C. The second-order valence-electron chi connectivity index (χ2n) is 9.28. The van der Waals surface area contributed by atoms with E-state index in [9.17, 15) is 9.59 Å². The van der Waals surface area contributed by atoms with E-state index in [1.807, 2.05) is 35.9 Å². The molecule has 4 heterocycles. The highest BCUT2D eigenvalue weighted by Crippen LogP contribution is 2.33. The molecule has 0 aliphatic carbocycles. The summed E-state index contributed by atoms with van der Waals surface area (Å²) in [7, 11) is 4.88. The van der Waals surface area contributed by atoms with Crippen molar-refractivity contribution in [1.82, 2.24) is 29.4 Å². The Hall–Kier alpha value is -4.78. The van der Waals surface area contributed by atoms with Gasteiger partial charge in [-0.15, -0.1) is 0 Å². The number of likely N-dealkylation sites (tertiary alicyclic amines) is 1. The molecule has 1 saturated heterocycles. The monoisotopic (exact) mass is 546 g/mol. The summed E-state index contributed by atoms with van der Waals surface area (Å²) in [6.07, 6.45) is 6.39. The standard InChI is InChI=1S/C27H30N8O5/c1-28-25-23(19-12-29-13-20-22(19)30-15-34(20)2)32-24(27(38)39-3)26(33-25)31-16-4-6-17(7-5-16)40-18-8-10-35(11-9-18)21(37)14-36/h4-7,12-13,15,18,36H,8-11,14H2,1-3H3,(H2,28,31,33). The Morgan fingerprint density at radius 3 is 2.52 bits per heavy atom. The molecule has 3 N–H and O–H groups in total. The number of rotatable bonds is 8. The van der Waals surface area contributed by atoms with Gasteiger partial charge in [0, 0.05) is 51.9 Å². The molecule has 1 aliphatic heterocycles. The first kappa shape index (κ1) is 26.8. The highest BCUT2D eigenvalue weighted by molar-refractivity contribution is 5.98. The zero-order chi connectivity index (χ0) is 28.2. The van der Waals surface area contributed by atoms with Crippen molar-refractivity contribution in [3.05, 3.63) is 48.7 Å². The lowest BCUT2D eigenvalue weighted by atomic mass is 10.1. The summed E-state index contributed by atoms with van der Waals surface area (Å²) in [5, 5.41) is 15.3. The minimum atomic E-state index is -0.647. The van der Waals surface area contributed by atoms with Crippen LogP contribution in [0.5, 0.6) is 5.75 Å². The number of carbonyl (C=O) groups is 2. The van der Waals surface area contributed by atoms with Crippen LogP contribution in [0.3, 0.4) is 0 Å². The first-order valence-corrected chi connectivity index (χ1v) is 12.8. The van der Waals surface area contributed by atoms with E-state index in [2.05, 4.69) is 30.6 Å². The molecule has 1 fully saturated rings. The number of aromatic nitrogens is 5. The molecule has 13 nitrogen and oxygen atoms in total. The summed E-state index contributed by atoms with van der Waals surface area (Å²) in [6.45, 7) is 0.624. The maximum Gasteiger partial charge on any atom is 0.360 e. The zero-order valence-corrected chi connectivity index (χ0v) is 22.4. The predicted octanol–water partition coefficient (Wildman–Crippen LogP) is 2.36. The Bertz CT molecular complexity index is 1530. The van der Waals surface area contributed by atoms with Gasteiger partial charge in [0.1, 0.15) is 29.7 Å². The number of amides is 1. The van der Waals surface area contributed by atoms with Crippen molar-refractivity contribution in [3.8, 4) is 17.0 Å². The van der Waals surface area contributed by atoms with Crippen molar-refractivity contribution in [2.75, 3.05) is 44.5 Å². The van der Waals surface area contributed by atoms with E-state index in [1.165, 1.54) is 7.11 Å². The van der Waals surface area contributed by atoms with Crippen molar-refractivity contribution in [2.24, 2.45) is 7.05 Å². The van der Waals surface area contributed by atoms with E-state index < -0.39 is 12.6 Å². The van der Waals surface area contributed by atoms with E-state index in [0.29, 0.717) is 60.0 Å². The summed E-state index contributed by atoms with van der Waals surface area (Å²) in [5.74, 6) is 0.421. The number of aryl methyl sites for hydroxylation is 1. The van der Waals surface area contributed by atoms with Gasteiger partial charge < -0.3 is 34.7 Å². The first-order valence-electron chi connectivity index (χ1n) is 12.8. The maximum atomic E-state index is 12.8. The fourth-order valence-corrected chi connectivity index (χ4v) is 4.61. The number of nitrogens with zero attached hydrogens (tertiary/aromatic N) is 6. The van der Waals surface area contributed by atoms with Gasteiger partial charge in [-0.25, -0.2) is 19.7 Å². The van der Waals surface area contributed by atoms with Gasteiger partial charge in [0.05, 0.1) is 30.7 Å². The number of aliphatic hydroxyl groups is 1. The molecule has 0 spiro atoms. The van der Waals surface area contributed by atoms with E-state index >= 15 is 0 Å². The number of aliphatic hydroxyl groups excluding tert-OH is 1. The molecule has 5 rings (SSSR count). The van der Waals surface area contributed by atoms with Crippen LogP contribution >= 0.6 is 0 Å². The van der Waals surface area contributed by atoms with Crippen molar-refractivity contribution in [1.29, 1.82) is 0 Å². The Kier molecular flexibility index (Phi) is 7.73. The van der Waals surface area contributed by atoms with Gasteiger partial charge in [0.15, 0.2) is 17.3 Å². The average Bonchev–Trinajstić information content (AvgIpc) is 3.38. The number of hydrogen-bond donors (Lipinski definition) is 3. The van der Waals surface area contributed by atoms with Gasteiger partial charge in [-0.2, -0.15) is 0 Å². The molecule has 0 atom stereocenters. The zero-order valence-electron chi connectivity index (χ0n) is 22.4. The van der Waals surface area contributed by atoms with Crippen LogP contribution in [-0.2, 0) is 16.6 Å². The molecular formula is C27H30N8O5. The highest BCUT2D eigenvalue weighted by Gasteiger charge is 2.25. The molecule has 1 amide bonds. The normalized spacial score (nSPS) is 13.8. The van der Waals surface area contributed by atoms with E-state index in [0.717, 1.165) is 5.52 Å². The van der Waals surface area contributed by atoms with Crippen LogP contribution in [0.4, 0.5) is 17.3 Å². The number of nitrogens with one attached hydrogen (secondary N) is 2. The van der Waals surface area contributed by atoms with Crippen LogP contribution in [0.25, 0.3) is 22.3 Å². The molecule has 0 unspecified atom stereocenters. The van der Waals surface area contributed by atoms with Gasteiger partial charge in [-0.1, -0.05) is 0 Å². The minimum Gasteiger partial charge on any atom is -0.490 e. The summed E-state index contributed by atoms with van der Waals surface area (Å²) in [4.78, 5) is 44.2. The lowest BCUT2D eigenvalue weighted by Crippen LogP contribution is -2.42. The molecule has 1 aromatic carbocycles. The van der Waals surface area contributed by atoms with Gasteiger partial charge >= 0.3 is 5.97 Å². The molecule has 1 aliphatic rings. The topological polar surface area (TPSA) is 157 Å². The Morgan fingerprint density at radius 1 is 1.10 bits per heavy atom. The van der Waals surface area contributed by atoms with Gasteiger partial charge in [0.2, 0.25) is 5.91 Å². The van der Waals surface area contributed by atoms with Gasteiger partial charge in [-0.05, 0) is 24.3 Å². The van der Waals surface area contributed by atoms with Crippen molar-refractivity contribution in [2.45, 2.75) is 18.9 Å². The molecule has 3 aromatic heterocycles. The fraction of sp³-hybridized carbons (Fsp3) is 0.333. The van der Waals surface area contributed by atoms with Crippen LogP contribution in [0, 0.1) is 0 Å². The summed E-state index contributed by atoms with van der Waals surface area (Å²) in [5.41, 5.74) is 3.21. The van der Waals surface area contributed by atoms with Crippen LogP contribution in [0.15, 0.2) is 43.0 Å². The third-order valence-electron chi connectivity index (χ3n) is 6.75. The number of methoxy groups -OCH3 is 1. The Balaban J connectivity index is 1.38. The average molecular weight is 547 g/mol. The molecule has 0 radical (unpaired) electrons. The number of anilines is 3. The second-order valence-corrected chi connectivity index (χ2v) is 9.28. The number of pyridine rings is 1. The number of imidazole rings is 1. The van der Waals surface area contributed by atoms with Crippen molar-refractivity contribution < 1.29 is 24.2 Å². The summed E-state index contributed by atoms with van der Waals surface area (Å²) < 4.78 is 12.9. The second kappa shape index (κ2) is 11.5. The lowest BCUT2D eigenvalue weighted by molar-refractivity contribution is -0.135. The summed E-state index contributed by atoms with van der Waals surface area (Å²) in [6, 6.07) is 7.27. The van der Waals surface area contributed by atoms with Crippen LogP contribution in [-0.4, -0.2) is 86.3 Å². The molecule has 0 saturated carbocycles. The molecule has 208 valence electrons. The predicted molar refractivity (Wildman–Crippen MR) is 147 cm³/mol. The Labute approximate surface area is 230 Å². The number of ether oxygens (including phenoxy) is 2. The first-order chi connectivity index (χ1) is 19.4. The van der Waals surface area contributed by atoms with E-state index in [-0.39, 0.29) is 23.5 Å². The minimum absolute atomic E-state index is 0.00828. The number of piperidine rings is 1. The van der Waals surface area contributed by atoms with E-state index in [4.69, 9.17) is 14.6 Å². The lowest BCUT2D eigenvalue weighted by Gasteiger charge is -2.31. The largest absolute Gasteiger partial charge is 0.490 e. The molecule has 13 heteroatoms. The van der Waals surface area contributed by atoms with E-state index in [1.54, 1.807) is 30.7 Å². The maximum absolute atomic E-state index is 12.8. The third kappa shape index (κ3) is 5.36. The number of esters is 1. The van der Waals surface area contributed by atoms with Crippen LogP contribution in [0.2, 0.25) is 0 Å². The molecule has 4 aromatic rings. The van der Waals surface area contributed by atoms with Crippen molar-refractivity contribution >= 4 is 40.2 Å².